The molecule has 0 bridgehead atoms. The van der Waals surface area contributed by atoms with Gasteiger partial charge < -0.3 is 14.6 Å². The molecule has 0 radical (unpaired) electrons. The first-order valence-electron chi connectivity index (χ1n) is 10.3. The molecule has 1 fully saturated rings. The third-order valence-electron chi connectivity index (χ3n) is 5.52. The highest BCUT2D eigenvalue weighted by Gasteiger charge is 2.48. The van der Waals surface area contributed by atoms with E-state index in [0.717, 1.165) is 0 Å². The molecule has 1 saturated heterocycles. The molecule has 1 aliphatic rings. The molecular formula is C26H20ClNO6. The number of para-hydroxylation sites is 1. The number of nitrogens with zero attached hydrogens (tertiary/aromatic N) is 1. The van der Waals surface area contributed by atoms with E-state index in [4.69, 9.17) is 21.1 Å². The minimum absolute atomic E-state index is 0.125. The molecule has 172 valence electrons. The normalized spacial score (nSPS) is 17.0. The summed E-state index contributed by atoms with van der Waals surface area (Å²) in [5, 5.41) is 11.5. The lowest BCUT2D eigenvalue weighted by atomic mass is 9.94. The summed E-state index contributed by atoms with van der Waals surface area (Å²) in [5.74, 6) is -2.28. The molecule has 3 aromatic carbocycles. The van der Waals surface area contributed by atoms with Crippen LogP contribution in [0, 0.1) is 0 Å². The molecule has 1 N–H and O–H groups in total. The number of carbonyl (C=O) groups excluding carboxylic acids is 3. The molecule has 0 spiro atoms. The first kappa shape index (κ1) is 23.1. The quantitative estimate of drug-likeness (QED) is 0.246. The number of esters is 1. The van der Waals surface area contributed by atoms with Gasteiger partial charge in [0.05, 0.1) is 31.4 Å². The lowest BCUT2D eigenvalue weighted by Crippen LogP contribution is -2.29. The van der Waals surface area contributed by atoms with Gasteiger partial charge in [-0.2, -0.15) is 0 Å². The van der Waals surface area contributed by atoms with Crippen LogP contribution in [0.2, 0.25) is 5.02 Å². The van der Waals surface area contributed by atoms with Crippen LogP contribution < -0.4 is 9.64 Å². The van der Waals surface area contributed by atoms with Crippen molar-refractivity contribution in [2.75, 3.05) is 19.1 Å². The largest absolute Gasteiger partial charge is 0.507 e. The SMILES string of the molecule is COC(=O)c1cccc(N2C(=O)C(=O)/C(=C(/O)c3cccc(Cl)c3)C2c2ccccc2OC)c1. The van der Waals surface area contributed by atoms with Crippen LogP contribution >= 0.6 is 11.6 Å². The first-order valence-corrected chi connectivity index (χ1v) is 10.6. The number of aliphatic hydroxyl groups is 1. The molecule has 1 unspecified atom stereocenters. The van der Waals surface area contributed by atoms with Gasteiger partial charge in [-0.15, -0.1) is 0 Å². The molecule has 1 heterocycles. The van der Waals surface area contributed by atoms with Gasteiger partial charge in [-0.1, -0.05) is 48.0 Å². The Balaban J connectivity index is 1.98. The fraction of sp³-hybridized carbons (Fsp3) is 0.115. The number of rotatable bonds is 5. The van der Waals surface area contributed by atoms with Crippen molar-refractivity contribution in [2.45, 2.75) is 6.04 Å². The van der Waals surface area contributed by atoms with Crippen LogP contribution in [0.5, 0.6) is 5.75 Å². The highest BCUT2D eigenvalue weighted by molar-refractivity contribution is 6.51. The van der Waals surface area contributed by atoms with Crippen molar-refractivity contribution in [3.05, 3.63) is 100 Å². The van der Waals surface area contributed by atoms with Crippen molar-refractivity contribution >= 4 is 40.7 Å². The predicted octanol–water partition coefficient (Wildman–Crippen LogP) is 4.76. The van der Waals surface area contributed by atoms with Crippen molar-refractivity contribution in [3.8, 4) is 5.75 Å². The number of halogens is 1. The van der Waals surface area contributed by atoms with E-state index in [1.54, 1.807) is 54.6 Å². The summed E-state index contributed by atoms with van der Waals surface area (Å²) in [5.41, 5.74) is 1.13. The van der Waals surface area contributed by atoms with Crippen molar-refractivity contribution in [3.63, 3.8) is 0 Å². The van der Waals surface area contributed by atoms with Crippen molar-refractivity contribution in [2.24, 2.45) is 0 Å². The first-order chi connectivity index (χ1) is 16.4. The maximum Gasteiger partial charge on any atom is 0.337 e. The number of methoxy groups -OCH3 is 2. The molecule has 1 aliphatic heterocycles. The van der Waals surface area contributed by atoms with Gasteiger partial charge >= 0.3 is 5.97 Å². The van der Waals surface area contributed by atoms with E-state index in [1.165, 1.54) is 37.3 Å². The minimum Gasteiger partial charge on any atom is -0.507 e. The van der Waals surface area contributed by atoms with E-state index >= 15 is 0 Å². The number of carbonyl (C=O) groups is 3. The van der Waals surface area contributed by atoms with Gasteiger partial charge in [-0.05, 0) is 36.4 Å². The van der Waals surface area contributed by atoms with E-state index in [1.807, 2.05) is 0 Å². The summed E-state index contributed by atoms with van der Waals surface area (Å²) in [7, 11) is 2.72. The van der Waals surface area contributed by atoms with Crippen LogP contribution in [-0.2, 0) is 14.3 Å². The monoisotopic (exact) mass is 477 g/mol. The lowest BCUT2D eigenvalue weighted by molar-refractivity contribution is -0.132. The highest BCUT2D eigenvalue weighted by atomic mass is 35.5. The summed E-state index contributed by atoms with van der Waals surface area (Å²) in [6.07, 6.45) is 0. The second kappa shape index (κ2) is 9.41. The highest BCUT2D eigenvalue weighted by Crippen LogP contribution is 2.45. The number of ether oxygens (including phenoxy) is 2. The average molecular weight is 478 g/mol. The Morgan fingerprint density at radius 3 is 2.35 bits per heavy atom. The fourth-order valence-corrected chi connectivity index (χ4v) is 4.17. The summed E-state index contributed by atoms with van der Waals surface area (Å²) in [6, 6.07) is 18.4. The molecule has 3 aromatic rings. The number of hydrogen-bond acceptors (Lipinski definition) is 6. The maximum atomic E-state index is 13.3. The number of anilines is 1. The van der Waals surface area contributed by atoms with Crippen LogP contribution in [0.4, 0.5) is 5.69 Å². The molecule has 1 amide bonds. The maximum absolute atomic E-state index is 13.3. The Morgan fingerprint density at radius 2 is 1.65 bits per heavy atom. The zero-order chi connectivity index (χ0) is 24.4. The Hall–Kier alpha value is -4.10. The summed E-state index contributed by atoms with van der Waals surface area (Å²) in [6.45, 7) is 0. The fourth-order valence-electron chi connectivity index (χ4n) is 3.98. The number of benzene rings is 3. The number of amides is 1. The van der Waals surface area contributed by atoms with Gasteiger partial charge in [0.1, 0.15) is 11.5 Å². The summed E-state index contributed by atoms with van der Waals surface area (Å²) < 4.78 is 10.3. The molecule has 7 nitrogen and oxygen atoms in total. The number of Topliss-reactive ketones (excluding diaryl/α,β-unsaturated/α-hetero) is 1. The van der Waals surface area contributed by atoms with Gasteiger partial charge in [0.25, 0.3) is 11.7 Å². The van der Waals surface area contributed by atoms with Crippen LogP contribution in [0.1, 0.15) is 27.5 Å². The molecule has 0 saturated carbocycles. The Morgan fingerprint density at radius 1 is 0.941 bits per heavy atom. The van der Waals surface area contributed by atoms with Gasteiger partial charge in [-0.25, -0.2) is 4.79 Å². The zero-order valence-electron chi connectivity index (χ0n) is 18.3. The van der Waals surface area contributed by atoms with Crippen molar-refractivity contribution in [1.82, 2.24) is 0 Å². The van der Waals surface area contributed by atoms with E-state index in [9.17, 15) is 19.5 Å². The molecule has 0 aliphatic carbocycles. The average Bonchev–Trinajstić information content (AvgIpc) is 3.13. The second-order valence-electron chi connectivity index (χ2n) is 7.46. The van der Waals surface area contributed by atoms with Gasteiger partial charge in [0.2, 0.25) is 0 Å². The number of aliphatic hydroxyl groups excluding tert-OH is 1. The molecule has 34 heavy (non-hydrogen) atoms. The summed E-state index contributed by atoms with van der Waals surface area (Å²) in [4.78, 5) is 39.9. The standard InChI is InChI=1S/C26H20ClNO6/c1-33-20-12-4-3-11-19(20)22-21(23(29)15-7-5-9-17(27)13-15)24(30)25(31)28(22)18-10-6-8-16(14-18)26(32)34-2/h3-14,22,29H,1-2H3/b23-21+. The van der Waals surface area contributed by atoms with Gasteiger partial charge in [0.15, 0.2) is 0 Å². The Kier molecular flexibility index (Phi) is 6.38. The van der Waals surface area contributed by atoms with Crippen molar-refractivity contribution < 1.29 is 29.0 Å². The van der Waals surface area contributed by atoms with E-state index < -0.39 is 23.7 Å². The van der Waals surface area contributed by atoms with E-state index in [2.05, 4.69) is 0 Å². The molecular weight excluding hydrogens is 458 g/mol. The third kappa shape index (κ3) is 4.02. The van der Waals surface area contributed by atoms with E-state index in [0.29, 0.717) is 16.3 Å². The van der Waals surface area contributed by atoms with Crippen LogP contribution in [0.3, 0.4) is 0 Å². The Labute approximate surface area is 200 Å². The molecule has 4 rings (SSSR count). The molecule has 8 heteroatoms. The smallest absolute Gasteiger partial charge is 0.337 e. The molecule has 1 atom stereocenters. The third-order valence-corrected chi connectivity index (χ3v) is 5.76. The molecule has 0 aromatic heterocycles. The zero-order valence-corrected chi connectivity index (χ0v) is 19.1. The number of hydrogen-bond donors (Lipinski definition) is 1. The minimum atomic E-state index is -1.02. The Bertz CT molecular complexity index is 1330. The van der Waals surface area contributed by atoms with Gasteiger partial charge in [0, 0.05) is 21.8 Å². The predicted molar refractivity (Wildman–Crippen MR) is 127 cm³/mol. The second-order valence-corrected chi connectivity index (χ2v) is 7.90. The lowest BCUT2D eigenvalue weighted by Gasteiger charge is -2.27. The van der Waals surface area contributed by atoms with Crippen LogP contribution in [0.15, 0.2) is 78.4 Å². The van der Waals surface area contributed by atoms with Crippen LogP contribution in [-0.4, -0.2) is 37.0 Å². The summed E-state index contributed by atoms with van der Waals surface area (Å²) >= 11 is 6.09. The number of ketones is 1. The van der Waals surface area contributed by atoms with Crippen LogP contribution in [0.25, 0.3) is 5.76 Å². The topological polar surface area (TPSA) is 93.1 Å². The van der Waals surface area contributed by atoms with Crippen molar-refractivity contribution in [1.29, 1.82) is 0 Å². The van der Waals surface area contributed by atoms with E-state index in [-0.39, 0.29) is 28.1 Å². The van der Waals surface area contributed by atoms with Gasteiger partial charge in [-0.3, -0.25) is 14.5 Å².